The van der Waals surface area contributed by atoms with Crippen molar-refractivity contribution in [1.29, 1.82) is 0 Å². The van der Waals surface area contributed by atoms with Gasteiger partial charge in [0.2, 0.25) is 0 Å². The molecule has 9 aromatic rings. The van der Waals surface area contributed by atoms with Gasteiger partial charge in [-0.3, -0.25) is 0 Å². The number of rotatable bonds is 3. The summed E-state index contributed by atoms with van der Waals surface area (Å²) in [5, 5.41) is 12.7. The molecule has 0 fully saturated rings. The van der Waals surface area contributed by atoms with E-state index in [1.165, 1.54) is 105 Å². The highest BCUT2D eigenvalue weighted by molar-refractivity contribution is 6.22. The van der Waals surface area contributed by atoms with Gasteiger partial charge in [0, 0.05) is 21.7 Å². The highest BCUT2D eigenvalue weighted by Gasteiger charge is 2.38. The second-order valence-corrected chi connectivity index (χ2v) is 17.3. The molecule has 0 bridgehead atoms. The minimum atomic E-state index is 0.105. The van der Waals surface area contributed by atoms with Crippen molar-refractivity contribution in [2.75, 3.05) is 0 Å². The second-order valence-electron chi connectivity index (χ2n) is 17.3. The Labute approximate surface area is 327 Å². The van der Waals surface area contributed by atoms with E-state index >= 15 is 0 Å². The molecule has 1 aromatic heterocycles. The standard InChI is InChI=1S/C55H43N/c1-54(2)29-30-55(3,4)49-34-52-47(33-48(49)54)53-44-19-11-9-16-37(44)24-28-51(53)56(52)50-20-12-17-40-31-38(23-26-43(40)50)39-22-25-42(35-13-6-5-7-14-35)45-27-21-36-15-8-10-18-41(36)46(45)32-39/h5-21,23-28,31-34H,29-30H2,1-4H3. The summed E-state index contributed by atoms with van der Waals surface area (Å²) >= 11 is 0. The molecule has 1 nitrogen and oxygen atoms in total. The van der Waals surface area contributed by atoms with Gasteiger partial charge in [-0.05, 0) is 131 Å². The molecular weight excluding hydrogens is 675 g/mol. The van der Waals surface area contributed by atoms with E-state index in [-0.39, 0.29) is 10.8 Å². The summed E-state index contributed by atoms with van der Waals surface area (Å²) in [6.07, 6.45) is 6.92. The van der Waals surface area contributed by atoms with Crippen molar-refractivity contribution in [3.8, 4) is 5.69 Å². The van der Waals surface area contributed by atoms with E-state index in [9.17, 15) is 0 Å². The van der Waals surface area contributed by atoms with Crippen LogP contribution in [0.3, 0.4) is 0 Å². The molecule has 1 heterocycles. The van der Waals surface area contributed by atoms with Crippen LogP contribution in [0.25, 0.3) is 77.0 Å². The Morgan fingerprint density at radius 3 is 1.98 bits per heavy atom. The lowest BCUT2D eigenvalue weighted by Crippen LogP contribution is -2.33. The lowest BCUT2D eigenvalue weighted by atomic mass is 9.63. The molecule has 0 unspecified atom stereocenters. The van der Waals surface area contributed by atoms with Gasteiger partial charge in [0.05, 0.1) is 16.7 Å². The van der Waals surface area contributed by atoms with E-state index in [0.29, 0.717) is 0 Å². The van der Waals surface area contributed by atoms with Crippen molar-refractivity contribution in [2.24, 2.45) is 0 Å². The molecule has 0 amide bonds. The maximum absolute atomic E-state index is 3.77. The summed E-state index contributed by atoms with van der Waals surface area (Å²) in [6, 6.07) is 56.4. The first-order chi connectivity index (χ1) is 27.2. The van der Waals surface area contributed by atoms with E-state index in [1.807, 2.05) is 0 Å². The van der Waals surface area contributed by atoms with Gasteiger partial charge in [-0.25, -0.2) is 0 Å². The molecule has 8 aromatic carbocycles. The van der Waals surface area contributed by atoms with Crippen LogP contribution < -0.4 is 10.4 Å². The molecule has 268 valence electrons. The largest absolute Gasteiger partial charge is 0.309 e. The molecule has 0 atom stereocenters. The van der Waals surface area contributed by atoms with Crippen molar-refractivity contribution in [3.05, 3.63) is 196 Å². The van der Waals surface area contributed by atoms with Crippen LogP contribution in [0, 0.1) is 0 Å². The highest BCUT2D eigenvalue weighted by Crippen LogP contribution is 2.49. The second kappa shape index (κ2) is 12.0. The number of allylic oxidation sites excluding steroid dienone is 1. The third-order valence-corrected chi connectivity index (χ3v) is 13.0. The van der Waals surface area contributed by atoms with Crippen molar-refractivity contribution in [3.63, 3.8) is 0 Å². The molecule has 0 N–H and O–H groups in total. The Balaban J connectivity index is 1.16. The molecule has 1 heteroatoms. The number of hydrogen-bond acceptors (Lipinski definition) is 0. The smallest absolute Gasteiger partial charge is 0.0547 e. The Hall–Kier alpha value is -6.40. The summed E-state index contributed by atoms with van der Waals surface area (Å²) in [5.41, 5.74) is 15.4. The lowest BCUT2D eigenvalue weighted by Gasteiger charge is -2.42. The Morgan fingerprint density at radius 2 is 1.18 bits per heavy atom. The first-order valence-corrected chi connectivity index (χ1v) is 20.1. The van der Waals surface area contributed by atoms with Crippen LogP contribution in [-0.2, 0) is 10.8 Å². The van der Waals surface area contributed by atoms with Gasteiger partial charge in [0.15, 0.2) is 0 Å². The molecule has 0 saturated carbocycles. The van der Waals surface area contributed by atoms with Crippen LogP contribution in [0.5, 0.6) is 0 Å². The Kier molecular flexibility index (Phi) is 7.10. The summed E-state index contributed by atoms with van der Waals surface area (Å²) < 4.78 is 2.55. The van der Waals surface area contributed by atoms with E-state index in [1.54, 1.807) is 0 Å². The van der Waals surface area contributed by atoms with Gasteiger partial charge in [0.1, 0.15) is 0 Å². The van der Waals surface area contributed by atoms with Crippen molar-refractivity contribution in [2.45, 2.75) is 51.4 Å². The molecule has 0 spiro atoms. The molecule has 0 aliphatic heterocycles. The molecule has 0 radical (unpaired) electrons. The maximum Gasteiger partial charge on any atom is 0.0547 e. The topological polar surface area (TPSA) is 4.93 Å². The number of hydrogen-bond donors (Lipinski definition) is 0. The van der Waals surface area contributed by atoms with Gasteiger partial charge >= 0.3 is 0 Å². The first kappa shape index (κ1) is 33.0. The number of nitrogens with zero attached hydrogens (tertiary/aromatic N) is 1. The quantitative estimate of drug-likeness (QED) is 0.160. The van der Waals surface area contributed by atoms with Crippen molar-refractivity contribution in [1.82, 2.24) is 4.57 Å². The zero-order valence-corrected chi connectivity index (χ0v) is 32.4. The van der Waals surface area contributed by atoms with Gasteiger partial charge < -0.3 is 4.57 Å². The average Bonchev–Trinajstić information content (AvgIpc) is 3.42. The summed E-state index contributed by atoms with van der Waals surface area (Å²) in [7, 11) is 0. The van der Waals surface area contributed by atoms with Crippen LogP contribution in [0.2, 0.25) is 0 Å². The fourth-order valence-electron chi connectivity index (χ4n) is 9.86. The van der Waals surface area contributed by atoms with E-state index in [0.717, 1.165) is 11.1 Å². The zero-order valence-electron chi connectivity index (χ0n) is 32.4. The zero-order chi connectivity index (χ0) is 37.8. The lowest BCUT2D eigenvalue weighted by molar-refractivity contribution is 0.332. The van der Waals surface area contributed by atoms with Crippen LogP contribution >= 0.6 is 0 Å². The molecule has 0 saturated heterocycles. The van der Waals surface area contributed by atoms with Gasteiger partial charge in [-0.1, -0.05) is 149 Å². The molecule has 2 aliphatic carbocycles. The third kappa shape index (κ3) is 4.94. The Morgan fingerprint density at radius 1 is 0.500 bits per heavy atom. The first-order valence-electron chi connectivity index (χ1n) is 20.1. The fraction of sp³-hybridized carbons (Fsp3) is 0.145. The predicted octanol–water partition coefficient (Wildman–Crippen LogP) is 12.8. The summed E-state index contributed by atoms with van der Waals surface area (Å²) in [4.78, 5) is 0. The van der Waals surface area contributed by atoms with E-state index < -0.39 is 0 Å². The monoisotopic (exact) mass is 717 g/mol. The van der Waals surface area contributed by atoms with Crippen LogP contribution in [0.1, 0.15) is 62.8 Å². The maximum atomic E-state index is 3.77. The number of benzene rings is 8. The summed E-state index contributed by atoms with van der Waals surface area (Å²) in [5.74, 6) is 0. The molecular formula is C55H43N. The minimum Gasteiger partial charge on any atom is -0.309 e. The van der Waals surface area contributed by atoms with Crippen molar-refractivity contribution >= 4 is 71.3 Å². The van der Waals surface area contributed by atoms with Crippen LogP contribution in [0.15, 0.2) is 163 Å². The van der Waals surface area contributed by atoms with Gasteiger partial charge in [-0.15, -0.1) is 5.73 Å². The van der Waals surface area contributed by atoms with E-state index in [2.05, 4.69) is 202 Å². The molecule has 56 heavy (non-hydrogen) atoms. The van der Waals surface area contributed by atoms with Gasteiger partial charge in [-0.2, -0.15) is 0 Å². The van der Waals surface area contributed by atoms with Crippen molar-refractivity contribution < 1.29 is 0 Å². The molecule has 2 aliphatic rings. The average molecular weight is 718 g/mol. The minimum absolute atomic E-state index is 0.105. The van der Waals surface area contributed by atoms with E-state index in [4.69, 9.17) is 0 Å². The molecule has 11 rings (SSSR count). The predicted molar refractivity (Wildman–Crippen MR) is 239 cm³/mol. The fourth-order valence-corrected chi connectivity index (χ4v) is 9.86. The summed E-state index contributed by atoms with van der Waals surface area (Å²) in [6.45, 7) is 9.74. The number of aromatic nitrogens is 1. The van der Waals surface area contributed by atoms with Crippen LogP contribution in [0.4, 0.5) is 0 Å². The highest BCUT2D eigenvalue weighted by atomic mass is 15.0. The van der Waals surface area contributed by atoms with Gasteiger partial charge in [0.25, 0.3) is 0 Å². The SMILES string of the molecule is CC1(C)CCC(C)(C)c2cc3c(cc21)c1c2ccccc2ccc1n3-c1cccc2cc(C3=C=CC(c4ccccc4)=c4ccc5ccccc5c4=C3)ccc12. The normalized spacial score (nSPS) is 15.9. The number of fused-ring (bicyclic) bond motifs is 10. The van der Waals surface area contributed by atoms with Crippen LogP contribution in [-0.4, -0.2) is 4.57 Å². The Bertz CT molecular complexity index is 3330. The third-order valence-electron chi connectivity index (χ3n) is 13.0.